The van der Waals surface area contributed by atoms with Crippen LogP contribution in [0.3, 0.4) is 0 Å². The van der Waals surface area contributed by atoms with Gasteiger partial charge in [0.2, 0.25) is 0 Å². The second-order valence-corrected chi connectivity index (χ2v) is 6.47. The Morgan fingerprint density at radius 2 is 2.00 bits per heavy atom. The Morgan fingerprint density at radius 1 is 1.25 bits per heavy atom. The summed E-state index contributed by atoms with van der Waals surface area (Å²) >= 11 is 13.0. The molecule has 0 aliphatic rings. The molecule has 0 spiro atoms. The summed E-state index contributed by atoms with van der Waals surface area (Å²) in [5.41, 5.74) is 1.62. The number of ether oxygens (including phenoxy) is 1. The Labute approximate surface area is 140 Å². The molecule has 2 aromatic carbocycles. The van der Waals surface area contributed by atoms with E-state index < -0.39 is 6.10 Å². The molecule has 1 atom stereocenters. The summed E-state index contributed by atoms with van der Waals surface area (Å²) in [6.45, 7) is 0. The van der Waals surface area contributed by atoms with Crippen molar-refractivity contribution in [3.8, 4) is 5.75 Å². The first-order chi connectivity index (χ1) is 9.52. The minimum atomic E-state index is -0.691. The van der Waals surface area contributed by atoms with Crippen LogP contribution in [0.15, 0.2) is 45.3 Å². The second kappa shape index (κ2) is 6.94. The molecule has 106 valence electrons. The van der Waals surface area contributed by atoms with Crippen LogP contribution < -0.4 is 4.74 Å². The van der Waals surface area contributed by atoms with Crippen LogP contribution in [0.2, 0.25) is 5.02 Å². The fraction of sp³-hybridized carbons (Fsp3) is 0.200. The van der Waals surface area contributed by atoms with Crippen molar-refractivity contribution in [3.63, 3.8) is 0 Å². The normalized spacial score (nSPS) is 12.2. The Bertz CT molecular complexity index is 617. The van der Waals surface area contributed by atoms with E-state index in [1.807, 2.05) is 36.4 Å². The lowest BCUT2D eigenvalue weighted by molar-refractivity contribution is 0.177. The van der Waals surface area contributed by atoms with Gasteiger partial charge >= 0.3 is 0 Å². The van der Waals surface area contributed by atoms with Crippen molar-refractivity contribution < 1.29 is 9.84 Å². The summed E-state index contributed by atoms with van der Waals surface area (Å²) in [5, 5.41) is 11.0. The molecule has 2 aromatic rings. The second-order valence-electron chi connectivity index (χ2n) is 4.32. The average Bonchev–Trinajstić information content (AvgIpc) is 2.42. The molecule has 5 heteroatoms. The lowest BCUT2D eigenvalue weighted by Crippen LogP contribution is -2.04. The summed E-state index contributed by atoms with van der Waals surface area (Å²) in [6, 6.07) is 11.2. The van der Waals surface area contributed by atoms with Gasteiger partial charge in [-0.15, -0.1) is 0 Å². The summed E-state index contributed by atoms with van der Waals surface area (Å²) in [6.07, 6.45) is -0.262. The van der Waals surface area contributed by atoms with Crippen LogP contribution in [0.5, 0.6) is 5.75 Å². The molecule has 2 nitrogen and oxygen atoms in total. The smallest absolute Gasteiger partial charge is 0.122 e. The highest BCUT2D eigenvalue weighted by Gasteiger charge is 2.16. The molecule has 0 saturated heterocycles. The SMILES string of the molecule is COc1ccc(Br)cc1CC(O)c1cccc(Br)c1Cl. The summed E-state index contributed by atoms with van der Waals surface area (Å²) < 4.78 is 7.04. The molecule has 0 fully saturated rings. The topological polar surface area (TPSA) is 29.5 Å². The van der Waals surface area contributed by atoms with Crippen molar-refractivity contribution in [2.24, 2.45) is 0 Å². The number of halogens is 3. The highest BCUT2D eigenvalue weighted by Crippen LogP contribution is 2.33. The predicted molar refractivity (Wildman–Crippen MR) is 88.5 cm³/mol. The average molecular weight is 421 g/mol. The number of benzene rings is 2. The Hall–Kier alpha value is -0.550. The van der Waals surface area contributed by atoms with Gasteiger partial charge in [-0.3, -0.25) is 0 Å². The van der Waals surface area contributed by atoms with Crippen LogP contribution in [0.4, 0.5) is 0 Å². The lowest BCUT2D eigenvalue weighted by atomic mass is 10.0. The fourth-order valence-electron chi connectivity index (χ4n) is 2.00. The van der Waals surface area contributed by atoms with E-state index in [0.717, 1.165) is 20.3 Å². The summed E-state index contributed by atoms with van der Waals surface area (Å²) in [5.74, 6) is 0.748. The van der Waals surface area contributed by atoms with Crippen LogP contribution in [0.25, 0.3) is 0 Å². The van der Waals surface area contributed by atoms with E-state index >= 15 is 0 Å². The first-order valence-electron chi connectivity index (χ1n) is 5.97. The molecular weight excluding hydrogens is 407 g/mol. The van der Waals surface area contributed by atoms with E-state index in [9.17, 15) is 5.11 Å². The summed E-state index contributed by atoms with van der Waals surface area (Å²) in [4.78, 5) is 0. The zero-order chi connectivity index (χ0) is 14.7. The number of hydrogen-bond donors (Lipinski definition) is 1. The minimum absolute atomic E-state index is 0.429. The molecule has 2 rings (SSSR count). The van der Waals surface area contributed by atoms with Crippen LogP contribution in [0, 0.1) is 0 Å². The molecule has 1 unspecified atom stereocenters. The quantitative estimate of drug-likeness (QED) is 0.741. The van der Waals surface area contributed by atoms with Gasteiger partial charge in [-0.1, -0.05) is 39.7 Å². The van der Waals surface area contributed by atoms with E-state index in [1.165, 1.54) is 0 Å². The van der Waals surface area contributed by atoms with Gasteiger partial charge in [0, 0.05) is 20.9 Å². The van der Waals surface area contributed by atoms with Crippen LogP contribution in [0.1, 0.15) is 17.2 Å². The molecular formula is C15H13Br2ClO2. The monoisotopic (exact) mass is 418 g/mol. The Balaban J connectivity index is 2.30. The maximum Gasteiger partial charge on any atom is 0.122 e. The molecule has 20 heavy (non-hydrogen) atoms. The molecule has 0 aromatic heterocycles. The van der Waals surface area contributed by atoms with E-state index in [1.54, 1.807) is 7.11 Å². The molecule has 0 radical (unpaired) electrons. The molecule has 0 amide bonds. The highest BCUT2D eigenvalue weighted by atomic mass is 79.9. The van der Waals surface area contributed by atoms with Gasteiger partial charge in [-0.05, 0) is 45.8 Å². The van der Waals surface area contributed by atoms with Crippen molar-refractivity contribution in [2.45, 2.75) is 12.5 Å². The van der Waals surface area contributed by atoms with Crippen LogP contribution in [-0.4, -0.2) is 12.2 Å². The van der Waals surface area contributed by atoms with Crippen molar-refractivity contribution in [1.82, 2.24) is 0 Å². The van der Waals surface area contributed by atoms with Gasteiger partial charge in [0.15, 0.2) is 0 Å². The molecule has 0 aliphatic carbocycles. The molecule has 0 saturated carbocycles. The molecule has 0 bridgehead atoms. The zero-order valence-electron chi connectivity index (χ0n) is 10.7. The Kier molecular flexibility index (Phi) is 5.49. The minimum Gasteiger partial charge on any atom is -0.496 e. The van der Waals surface area contributed by atoms with Gasteiger partial charge in [0.05, 0.1) is 18.2 Å². The van der Waals surface area contributed by atoms with Gasteiger partial charge in [-0.25, -0.2) is 0 Å². The standard InChI is InChI=1S/C15H13Br2ClO2/c1-20-14-6-5-10(16)7-9(14)8-13(19)11-3-2-4-12(17)15(11)18/h2-7,13,19H,8H2,1H3. The predicted octanol–water partition coefficient (Wildman–Crippen LogP) is 5.15. The van der Waals surface area contributed by atoms with Gasteiger partial charge in [0.25, 0.3) is 0 Å². The third kappa shape index (κ3) is 3.55. The molecule has 1 N–H and O–H groups in total. The summed E-state index contributed by atoms with van der Waals surface area (Å²) in [7, 11) is 1.62. The fourth-order valence-corrected chi connectivity index (χ4v) is 3.04. The largest absolute Gasteiger partial charge is 0.496 e. The van der Waals surface area contributed by atoms with Crippen molar-refractivity contribution >= 4 is 43.5 Å². The maximum absolute atomic E-state index is 10.4. The van der Waals surface area contributed by atoms with E-state index in [0.29, 0.717) is 17.0 Å². The van der Waals surface area contributed by atoms with Crippen molar-refractivity contribution in [3.05, 3.63) is 61.5 Å². The van der Waals surface area contributed by atoms with Crippen LogP contribution in [-0.2, 0) is 6.42 Å². The first kappa shape index (κ1) is 15.8. The Morgan fingerprint density at radius 3 is 2.70 bits per heavy atom. The molecule has 0 aliphatic heterocycles. The first-order valence-corrected chi connectivity index (χ1v) is 7.93. The number of aliphatic hydroxyl groups excluding tert-OH is 1. The molecule has 0 heterocycles. The number of rotatable bonds is 4. The number of aliphatic hydroxyl groups is 1. The number of methoxy groups -OCH3 is 1. The zero-order valence-corrected chi connectivity index (χ0v) is 14.7. The van der Waals surface area contributed by atoms with Crippen LogP contribution >= 0.6 is 43.5 Å². The van der Waals surface area contributed by atoms with E-state index in [-0.39, 0.29) is 0 Å². The van der Waals surface area contributed by atoms with Crippen molar-refractivity contribution in [1.29, 1.82) is 0 Å². The lowest BCUT2D eigenvalue weighted by Gasteiger charge is -2.16. The number of hydrogen-bond acceptors (Lipinski definition) is 2. The van der Waals surface area contributed by atoms with E-state index in [4.69, 9.17) is 16.3 Å². The van der Waals surface area contributed by atoms with Gasteiger partial charge < -0.3 is 9.84 Å². The maximum atomic E-state index is 10.4. The third-order valence-electron chi connectivity index (χ3n) is 3.00. The van der Waals surface area contributed by atoms with Crippen molar-refractivity contribution in [2.75, 3.05) is 7.11 Å². The van der Waals surface area contributed by atoms with Gasteiger partial charge in [-0.2, -0.15) is 0 Å². The third-order valence-corrected chi connectivity index (χ3v) is 4.80. The van der Waals surface area contributed by atoms with E-state index in [2.05, 4.69) is 31.9 Å². The highest BCUT2D eigenvalue weighted by molar-refractivity contribution is 9.10. The van der Waals surface area contributed by atoms with Gasteiger partial charge in [0.1, 0.15) is 5.75 Å².